The van der Waals surface area contributed by atoms with Gasteiger partial charge in [0.1, 0.15) is 24.3 Å². The number of imidazole rings is 1. The Morgan fingerprint density at radius 1 is 1.39 bits per heavy atom. The fourth-order valence-corrected chi connectivity index (χ4v) is 3.18. The summed E-state index contributed by atoms with van der Waals surface area (Å²) in [4.78, 5) is 6.71. The minimum absolute atomic E-state index is 0.283. The highest BCUT2D eigenvalue weighted by Gasteiger charge is 2.27. The lowest BCUT2D eigenvalue weighted by molar-refractivity contribution is 0.0753. The number of aliphatic hydroxyl groups excluding tert-OH is 1. The molecule has 1 N–H and O–H groups in total. The molecular formula is C17H22ClN3O2. The molecule has 0 radical (unpaired) electrons. The Hall–Kier alpha value is -1.56. The molecule has 0 aliphatic carbocycles. The van der Waals surface area contributed by atoms with E-state index in [2.05, 4.69) is 14.5 Å². The number of benzene rings is 1. The largest absolute Gasteiger partial charge is 0.491 e. The van der Waals surface area contributed by atoms with Crippen molar-refractivity contribution in [3.05, 3.63) is 47.5 Å². The normalized spacial score (nSPS) is 19.9. The van der Waals surface area contributed by atoms with E-state index in [1.165, 1.54) is 0 Å². The van der Waals surface area contributed by atoms with E-state index in [4.69, 9.17) is 16.3 Å². The molecule has 0 spiro atoms. The van der Waals surface area contributed by atoms with Crippen LogP contribution in [-0.4, -0.2) is 51.9 Å². The number of aromatic nitrogens is 2. The minimum Gasteiger partial charge on any atom is -0.491 e. The fourth-order valence-electron chi connectivity index (χ4n) is 3.05. The Labute approximate surface area is 141 Å². The highest BCUT2D eigenvalue weighted by molar-refractivity contribution is 6.30. The lowest BCUT2D eigenvalue weighted by atomic mass is 10.1. The maximum atomic E-state index is 10.2. The van der Waals surface area contributed by atoms with Gasteiger partial charge in [0.15, 0.2) is 0 Å². The Balaban J connectivity index is 1.44. The van der Waals surface area contributed by atoms with Gasteiger partial charge in [-0.2, -0.15) is 0 Å². The van der Waals surface area contributed by atoms with Crippen LogP contribution in [0.5, 0.6) is 5.75 Å². The van der Waals surface area contributed by atoms with E-state index in [-0.39, 0.29) is 6.61 Å². The van der Waals surface area contributed by atoms with Gasteiger partial charge in [0.2, 0.25) is 0 Å². The predicted molar refractivity (Wildman–Crippen MR) is 90.0 cm³/mol. The van der Waals surface area contributed by atoms with E-state index in [9.17, 15) is 5.11 Å². The maximum absolute atomic E-state index is 10.2. The predicted octanol–water partition coefficient (Wildman–Crippen LogP) is 2.30. The number of β-amino-alcohol motifs (C(OH)–C–C–N with tert-alkyl or cyclic N) is 1. The highest BCUT2D eigenvalue weighted by Crippen LogP contribution is 2.25. The molecule has 2 atom stereocenters. The number of hydrogen-bond donors (Lipinski definition) is 1. The van der Waals surface area contributed by atoms with Gasteiger partial charge in [0.05, 0.1) is 0 Å². The quantitative estimate of drug-likeness (QED) is 0.880. The first-order valence-electron chi connectivity index (χ1n) is 7.88. The molecule has 5 nitrogen and oxygen atoms in total. The Morgan fingerprint density at radius 3 is 2.87 bits per heavy atom. The number of rotatable bonds is 6. The Morgan fingerprint density at radius 2 is 2.17 bits per heavy atom. The number of aliphatic hydroxyl groups is 1. The Kier molecular flexibility index (Phi) is 5.20. The molecule has 0 saturated carbocycles. The molecule has 6 heteroatoms. The van der Waals surface area contributed by atoms with Gasteiger partial charge >= 0.3 is 0 Å². The maximum Gasteiger partial charge on any atom is 0.119 e. The third-order valence-electron chi connectivity index (χ3n) is 4.22. The lowest BCUT2D eigenvalue weighted by Gasteiger charge is -2.20. The van der Waals surface area contributed by atoms with Crippen LogP contribution in [0.1, 0.15) is 18.2 Å². The highest BCUT2D eigenvalue weighted by atomic mass is 35.5. The van der Waals surface area contributed by atoms with Crippen molar-refractivity contribution in [1.29, 1.82) is 0 Å². The summed E-state index contributed by atoms with van der Waals surface area (Å²) in [5, 5.41) is 10.9. The topological polar surface area (TPSA) is 50.5 Å². The first kappa shape index (κ1) is 16.3. The third kappa shape index (κ3) is 4.25. The van der Waals surface area contributed by atoms with Crippen molar-refractivity contribution in [2.45, 2.75) is 18.4 Å². The van der Waals surface area contributed by atoms with Gasteiger partial charge < -0.3 is 14.4 Å². The average molecular weight is 336 g/mol. The van der Waals surface area contributed by atoms with Gasteiger partial charge in [-0.3, -0.25) is 4.90 Å². The first-order valence-corrected chi connectivity index (χ1v) is 8.25. The molecule has 2 heterocycles. The molecule has 2 aromatic rings. The van der Waals surface area contributed by atoms with E-state index < -0.39 is 6.10 Å². The molecule has 0 bridgehead atoms. The summed E-state index contributed by atoms with van der Waals surface area (Å²) in [6.45, 7) is 2.82. The van der Waals surface area contributed by atoms with Gasteiger partial charge in [0, 0.05) is 43.5 Å². The molecule has 1 aliphatic heterocycles. The smallest absolute Gasteiger partial charge is 0.119 e. The molecule has 1 fully saturated rings. The van der Waals surface area contributed by atoms with E-state index in [0.29, 0.717) is 17.5 Å². The van der Waals surface area contributed by atoms with Gasteiger partial charge in [-0.05, 0) is 37.2 Å². The number of ether oxygens (including phenoxy) is 1. The van der Waals surface area contributed by atoms with Gasteiger partial charge in [-0.1, -0.05) is 11.6 Å². The van der Waals surface area contributed by atoms with Crippen LogP contribution in [0.25, 0.3) is 0 Å². The number of nitrogens with zero attached hydrogens (tertiary/aromatic N) is 3. The van der Waals surface area contributed by atoms with Gasteiger partial charge in [0.25, 0.3) is 0 Å². The second kappa shape index (κ2) is 7.34. The molecule has 3 rings (SSSR count). The van der Waals surface area contributed by atoms with Crippen LogP contribution in [-0.2, 0) is 7.05 Å². The molecule has 1 aliphatic rings. The summed E-state index contributed by atoms with van der Waals surface area (Å²) in [5.74, 6) is 2.29. The van der Waals surface area contributed by atoms with Crippen LogP contribution in [0, 0.1) is 0 Å². The van der Waals surface area contributed by atoms with E-state index in [0.717, 1.165) is 31.1 Å². The van der Waals surface area contributed by atoms with Gasteiger partial charge in [-0.25, -0.2) is 4.98 Å². The molecule has 124 valence electrons. The molecule has 2 unspecified atom stereocenters. The van der Waals surface area contributed by atoms with Crippen LogP contribution >= 0.6 is 11.6 Å². The average Bonchev–Trinajstić information content (AvgIpc) is 3.15. The molecule has 23 heavy (non-hydrogen) atoms. The van der Waals surface area contributed by atoms with Crippen molar-refractivity contribution in [3.63, 3.8) is 0 Å². The number of hydrogen-bond acceptors (Lipinski definition) is 4. The van der Waals surface area contributed by atoms with E-state index in [1.54, 1.807) is 12.1 Å². The fraction of sp³-hybridized carbons (Fsp3) is 0.471. The molecular weight excluding hydrogens is 314 g/mol. The monoisotopic (exact) mass is 335 g/mol. The third-order valence-corrected chi connectivity index (χ3v) is 4.47. The summed E-state index contributed by atoms with van der Waals surface area (Å²) in [6.07, 6.45) is 4.39. The van der Waals surface area contributed by atoms with Crippen LogP contribution in [0.3, 0.4) is 0 Å². The molecule has 1 saturated heterocycles. The van der Waals surface area contributed by atoms with Crippen molar-refractivity contribution in [2.75, 3.05) is 26.2 Å². The van der Waals surface area contributed by atoms with Gasteiger partial charge in [-0.15, -0.1) is 0 Å². The second-order valence-corrected chi connectivity index (χ2v) is 6.50. The van der Waals surface area contributed by atoms with E-state index in [1.807, 2.05) is 31.6 Å². The molecule has 1 aromatic carbocycles. The summed E-state index contributed by atoms with van der Waals surface area (Å²) >= 11 is 5.84. The standard InChI is InChI=1S/C17H22ClN3O2/c1-20-9-7-19-17(20)13-6-8-21(10-13)11-15(22)12-23-16-4-2-14(18)3-5-16/h2-5,7,9,13,15,22H,6,8,10-12H2,1H3. The number of likely N-dealkylation sites (tertiary alicyclic amines) is 1. The lowest BCUT2D eigenvalue weighted by Crippen LogP contribution is -2.34. The number of halogens is 1. The zero-order chi connectivity index (χ0) is 16.2. The zero-order valence-electron chi connectivity index (χ0n) is 13.2. The SMILES string of the molecule is Cn1ccnc1C1CCN(CC(O)COc2ccc(Cl)cc2)C1. The summed E-state index contributed by atoms with van der Waals surface area (Å²) in [5.41, 5.74) is 0. The van der Waals surface area contributed by atoms with Crippen LogP contribution in [0.15, 0.2) is 36.7 Å². The van der Waals surface area contributed by atoms with Crippen molar-refractivity contribution < 1.29 is 9.84 Å². The summed E-state index contributed by atoms with van der Waals surface area (Å²) < 4.78 is 7.68. The van der Waals surface area contributed by atoms with Crippen LogP contribution in [0.4, 0.5) is 0 Å². The summed E-state index contributed by atoms with van der Waals surface area (Å²) in [7, 11) is 2.03. The second-order valence-electron chi connectivity index (χ2n) is 6.06. The first-order chi connectivity index (χ1) is 11.1. The van der Waals surface area contributed by atoms with Crippen molar-refractivity contribution in [2.24, 2.45) is 7.05 Å². The molecule has 0 amide bonds. The van der Waals surface area contributed by atoms with Crippen molar-refractivity contribution in [1.82, 2.24) is 14.5 Å². The van der Waals surface area contributed by atoms with Crippen molar-refractivity contribution >= 4 is 11.6 Å². The number of aryl methyl sites for hydroxylation is 1. The zero-order valence-corrected chi connectivity index (χ0v) is 14.0. The summed E-state index contributed by atoms with van der Waals surface area (Å²) in [6, 6.07) is 7.17. The Bertz CT molecular complexity index is 629. The minimum atomic E-state index is -0.509. The van der Waals surface area contributed by atoms with Crippen molar-refractivity contribution in [3.8, 4) is 5.75 Å². The molecule has 1 aromatic heterocycles. The van der Waals surface area contributed by atoms with Crippen LogP contribution in [0.2, 0.25) is 5.02 Å². The van der Waals surface area contributed by atoms with Crippen LogP contribution < -0.4 is 4.74 Å². The van der Waals surface area contributed by atoms with E-state index >= 15 is 0 Å².